The molecule has 0 spiro atoms. The molecule has 13 heavy (non-hydrogen) atoms. The normalized spacial score (nSPS) is 50.3. The average molecular weight is 182 g/mol. The molecule has 0 amide bonds. The zero-order chi connectivity index (χ0) is 9.85. The van der Waals surface area contributed by atoms with Gasteiger partial charge in [-0.2, -0.15) is 0 Å². The van der Waals surface area contributed by atoms with Gasteiger partial charge >= 0.3 is 0 Å². The van der Waals surface area contributed by atoms with Crippen LogP contribution in [0, 0.1) is 16.7 Å². The number of hydrogen-bond donors (Lipinski definition) is 2. The van der Waals surface area contributed by atoms with E-state index in [2.05, 4.69) is 25.9 Å². The summed E-state index contributed by atoms with van der Waals surface area (Å²) in [6.45, 7) is 6.65. The maximum absolute atomic E-state index is 8.96. The van der Waals surface area contributed by atoms with Gasteiger partial charge in [-0.1, -0.05) is 25.9 Å². The molecule has 0 aromatic rings. The van der Waals surface area contributed by atoms with Crippen LogP contribution in [0.1, 0.15) is 33.6 Å². The van der Waals surface area contributed by atoms with Gasteiger partial charge in [0.15, 0.2) is 0 Å². The Balaban J connectivity index is 2.52. The monoisotopic (exact) mass is 182 g/mol. The van der Waals surface area contributed by atoms with Crippen LogP contribution in [0.4, 0.5) is 0 Å². The fraction of sp³-hybridized carbons (Fsp3) is 0.900. The molecule has 0 aliphatic heterocycles. The van der Waals surface area contributed by atoms with E-state index >= 15 is 0 Å². The zero-order valence-electron chi connectivity index (χ0n) is 8.54. The lowest BCUT2D eigenvalue weighted by Gasteiger charge is -2.33. The third-order valence-corrected chi connectivity index (χ3v) is 4.73. The summed E-state index contributed by atoms with van der Waals surface area (Å²) < 4.78 is 0. The second kappa shape index (κ2) is 2.27. The molecule has 74 valence electrons. The van der Waals surface area contributed by atoms with Crippen molar-refractivity contribution in [3.05, 3.63) is 0 Å². The molecule has 3 heteroatoms. The van der Waals surface area contributed by atoms with E-state index in [4.69, 9.17) is 10.9 Å². The van der Waals surface area contributed by atoms with Gasteiger partial charge in [0.25, 0.3) is 0 Å². The Morgan fingerprint density at radius 1 is 1.46 bits per heavy atom. The predicted octanol–water partition coefficient (Wildman–Crippen LogP) is 1.60. The minimum atomic E-state index is -0.0289. The van der Waals surface area contributed by atoms with Crippen molar-refractivity contribution in [1.29, 1.82) is 0 Å². The van der Waals surface area contributed by atoms with Gasteiger partial charge in [-0.25, -0.2) is 0 Å². The highest BCUT2D eigenvalue weighted by Gasteiger charge is 2.64. The van der Waals surface area contributed by atoms with Crippen LogP contribution in [0.2, 0.25) is 0 Å². The van der Waals surface area contributed by atoms with Gasteiger partial charge in [-0.05, 0) is 24.2 Å². The van der Waals surface area contributed by atoms with Crippen LogP contribution >= 0.6 is 0 Å². The summed E-state index contributed by atoms with van der Waals surface area (Å²) in [6.07, 6.45) is 2.28. The second-order valence-corrected chi connectivity index (χ2v) is 5.21. The summed E-state index contributed by atoms with van der Waals surface area (Å²) in [5.41, 5.74) is 7.07. The van der Waals surface area contributed by atoms with E-state index in [1.54, 1.807) is 0 Å². The molecule has 3 atom stereocenters. The third kappa shape index (κ3) is 0.766. The lowest BCUT2D eigenvalue weighted by atomic mass is 9.70. The molecule has 0 saturated heterocycles. The van der Waals surface area contributed by atoms with Crippen molar-refractivity contribution in [3.8, 4) is 0 Å². The lowest BCUT2D eigenvalue weighted by Crippen LogP contribution is -2.39. The van der Waals surface area contributed by atoms with E-state index in [0.29, 0.717) is 5.92 Å². The molecule has 3 nitrogen and oxygen atoms in total. The summed E-state index contributed by atoms with van der Waals surface area (Å²) in [5.74, 6) is 0.489. The van der Waals surface area contributed by atoms with E-state index in [1.807, 2.05) is 0 Å². The lowest BCUT2D eigenvalue weighted by molar-refractivity contribution is 0.186. The molecular formula is C10H18N2O. The van der Waals surface area contributed by atoms with Crippen molar-refractivity contribution in [3.63, 3.8) is 0 Å². The van der Waals surface area contributed by atoms with Gasteiger partial charge in [0.1, 0.15) is 0 Å². The molecule has 2 aliphatic carbocycles. The Morgan fingerprint density at radius 3 is 2.38 bits per heavy atom. The largest absolute Gasteiger partial charge is 0.411 e. The summed E-state index contributed by atoms with van der Waals surface area (Å²) in [5, 5.41) is 12.4. The number of hydrogen-bond acceptors (Lipinski definition) is 3. The first kappa shape index (κ1) is 9.00. The van der Waals surface area contributed by atoms with E-state index in [9.17, 15) is 0 Å². The molecule has 0 unspecified atom stereocenters. The van der Waals surface area contributed by atoms with Gasteiger partial charge in [-0.15, -0.1) is 0 Å². The van der Waals surface area contributed by atoms with Crippen molar-refractivity contribution in [2.24, 2.45) is 27.6 Å². The molecule has 0 aromatic carbocycles. The highest BCUT2D eigenvalue weighted by atomic mass is 16.4. The fourth-order valence-corrected chi connectivity index (χ4v) is 3.36. The second-order valence-electron chi connectivity index (χ2n) is 5.21. The first-order chi connectivity index (χ1) is 5.95. The summed E-state index contributed by atoms with van der Waals surface area (Å²) in [6, 6.07) is -0.0289. The molecule has 2 bridgehead atoms. The van der Waals surface area contributed by atoms with Gasteiger partial charge in [0.05, 0.1) is 11.8 Å². The number of oxime groups is 1. The van der Waals surface area contributed by atoms with Crippen LogP contribution in [-0.2, 0) is 0 Å². The Hall–Kier alpha value is -0.570. The van der Waals surface area contributed by atoms with Crippen LogP contribution in [0.25, 0.3) is 0 Å². The number of nitrogens with two attached hydrogens (primary N) is 1. The quantitative estimate of drug-likeness (QED) is 0.441. The maximum Gasteiger partial charge on any atom is 0.0804 e. The molecule has 0 aromatic heterocycles. The van der Waals surface area contributed by atoms with Gasteiger partial charge in [-0.3, -0.25) is 0 Å². The van der Waals surface area contributed by atoms with E-state index in [0.717, 1.165) is 12.1 Å². The van der Waals surface area contributed by atoms with Crippen molar-refractivity contribution >= 4 is 5.71 Å². The summed E-state index contributed by atoms with van der Waals surface area (Å²) in [4.78, 5) is 0. The highest BCUT2D eigenvalue weighted by molar-refractivity contribution is 5.98. The molecule has 0 heterocycles. The summed E-state index contributed by atoms with van der Waals surface area (Å²) in [7, 11) is 0. The van der Waals surface area contributed by atoms with Crippen molar-refractivity contribution in [2.45, 2.75) is 39.7 Å². The third-order valence-electron chi connectivity index (χ3n) is 4.73. The van der Waals surface area contributed by atoms with E-state index < -0.39 is 0 Å². The number of nitrogens with zero attached hydrogens (tertiary/aromatic N) is 1. The topological polar surface area (TPSA) is 58.6 Å². The minimum absolute atomic E-state index is 0.0197. The molecule has 2 fully saturated rings. The van der Waals surface area contributed by atoms with Gasteiger partial charge < -0.3 is 10.9 Å². The van der Waals surface area contributed by atoms with Crippen LogP contribution in [-0.4, -0.2) is 17.0 Å². The standard InChI is InChI=1S/C10H18N2O/c1-9(2)6-4-5-10(9,3)8(12-13)7(6)11/h6-7,13H,4-5,11H2,1-3H3/b12-8-/t6-,7+,10+/m0/s1. The predicted molar refractivity (Wildman–Crippen MR) is 51.8 cm³/mol. The molecule has 0 radical (unpaired) electrons. The summed E-state index contributed by atoms with van der Waals surface area (Å²) >= 11 is 0. The van der Waals surface area contributed by atoms with E-state index in [1.165, 1.54) is 6.42 Å². The molecule has 2 aliphatic rings. The highest BCUT2D eigenvalue weighted by Crippen LogP contribution is 2.63. The van der Waals surface area contributed by atoms with Gasteiger partial charge in [0.2, 0.25) is 0 Å². The van der Waals surface area contributed by atoms with E-state index in [-0.39, 0.29) is 16.9 Å². The molecular weight excluding hydrogens is 164 g/mol. The van der Waals surface area contributed by atoms with Crippen molar-refractivity contribution in [1.82, 2.24) is 0 Å². The fourth-order valence-electron chi connectivity index (χ4n) is 3.36. The Morgan fingerprint density at radius 2 is 2.08 bits per heavy atom. The van der Waals surface area contributed by atoms with Crippen LogP contribution in [0.5, 0.6) is 0 Å². The van der Waals surface area contributed by atoms with Crippen LogP contribution in [0.3, 0.4) is 0 Å². The van der Waals surface area contributed by atoms with Crippen molar-refractivity contribution < 1.29 is 5.21 Å². The average Bonchev–Trinajstić information content (AvgIpc) is 2.32. The SMILES string of the molecule is CC1(C)[C@H]2CC[C@]1(C)/C(=N\O)[C@@H]2N. The molecule has 2 rings (SSSR count). The van der Waals surface area contributed by atoms with Gasteiger partial charge in [0, 0.05) is 5.41 Å². The van der Waals surface area contributed by atoms with Crippen LogP contribution < -0.4 is 5.73 Å². The maximum atomic E-state index is 8.96. The number of fused-ring (bicyclic) bond motifs is 2. The first-order valence-electron chi connectivity index (χ1n) is 4.93. The smallest absolute Gasteiger partial charge is 0.0804 e. The molecule has 3 N–H and O–H groups in total. The van der Waals surface area contributed by atoms with Crippen molar-refractivity contribution in [2.75, 3.05) is 0 Å². The first-order valence-corrected chi connectivity index (χ1v) is 4.93. The minimum Gasteiger partial charge on any atom is -0.411 e. The number of rotatable bonds is 0. The Labute approximate surface area is 79.0 Å². The van der Waals surface area contributed by atoms with Crippen LogP contribution in [0.15, 0.2) is 5.16 Å². The Kier molecular flexibility index (Phi) is 1.57. The molecule has 2 saturated carbocycles. The zero-order valence-corrected chi connectivity index (χ0v) is 8.54. The Bertz CT molecular complexity index is 272.